The van der Waals surface area contributed by atoms with E-state index in [1.54, 1.807) is 7.11 Å². The number of hydrogen-bond donors (Lipinski definition) is 2. The highest BCUT2D eigenvalue weighted by atomic mass is 32.1. The summed E-state index contributed by atoms with van der Waals surface area (Å²) in [5.74, 6) is 0.670. The van der Waals surface area contributed by atoms with E-state index >= 15 is 0 Å². The maximum absolute atomic E-state index is 14.0. The standard InChI is InChI=1S/C31H36N2O3S/c1-20(2)25(16-14-21(3)32)22-15-17-27(36-4)23(18-22)19-33(24-10-6-5-7-11-24)31(35)30-29(34)26-12-8-9-13-28(26)37-30/h8-9,12-18,24,34H,1,5-7,10-11,19,32H2,2-4H3/b21-14+,25-16+. The summed E-state index contributed by atoms with van der Waals surface area (Å²) in [4.78, 5) is 16.4. The zero-order chi connectivity index (χ0) is 26.5. The number of rotatable bonds is 8. The van der Waals surface area contributed by atoms with Gasteiger partial charge in [0.05, 0.1) is 7.11 Å². The van der Waals surface area contributed by atoms with Gasteiger partial charge in [-0.25, -0.2) is 0 Å². The molecule has 1 aliphatic carbocycles. The summed E-state index contributed by atoms with van der Waals surface area (Å²) in [7, 11) is 1.65. The number of thiophene rings is 1. The number of fused-ring (bicyclic) bond motifs is 1. The van der Waals surface area contributed by atoms with E-state index in [9.17, 15) is 9.90 Å². The van der Waals surface area contributed by atoms with Gasteiger partial charge in [0, 0.05) is 33.9 Å². The van der Waals surface area contributed by atoms with Crippen molar-refractivity contribution in [3.05, 3.63) is 88.5 Å². The fourth-order valence-corrected chi connectivity index (χ4v) is 6.07. The number of carbonyl (C=O) groups excluding carboxylic acids is 1. The molecule has 3 aromatic rings. The quantitative estimate of drug-likeness (QED) is 0.306. The number of amides is 1. The van der Waals surface area contributed by atoms with Crippen molar-refractivity contribution < 1.29 is 14.6 Å². The third kappa shape index (κ3) is 5.91. The molecule has 5 nitrogen and oxygen atoms in total. The highest BCUT2D eigenvalue weighted by molar-refractivity contribution is 7.21. The van der Waals surface area contributed by atoms with Gasteiger partial charge in [-0.2, -0.15) is 0 Å². The maximum atomic E-state index is 14.0. The van der Waals surface area contributed by atoms with E-state index in [0.29, 0.717) is 17.1 Å². The molecule has 0 aliphatic heterocycles. The van der Waals surface area contributed by atoms with E-state index in [1.807, 2.05) is 67.3 Å². The van der Waals surface area contributed by atoms with Crippen LogP contribution in [0.2, 0.25) is 0 Å². The largest absolute Gasteiger partial charge is 0.506 e. The third-order valence-corrected chi connectivity index (χ3v) is 8.09. The third-order valence-electron chi connectivity index (χ3n) is 6.94. The molecule has 6 heteroatoms. The Hall–Kier alpha value is -3.51. The Morgan fingerprint density at radius 1 is 1.16 bits per heavy atom. The minimum Gasteiger partial charge on any atom is -0.506 e. The summed E-state index contributed by atoms with van der Waals surface area (Å²) in [6, 6.07) is 13.7. The lowest BCUT2D eigenvalue weighted by molar-refractivity contribution is 0.0615. The Balaban J connectivity index is 1.76. The van der Waals surface area contributed by atoms with Gasteiger partial charge in [-0.05, 0) is 68.2 Å². The van der Waals surface area contributed by atoms with Crippen molar-refractivity contribution in [3.8, 4) is 11.5 Å². The van der Waals surface area contributed by atoms with Crippen molar-refractivity contribution >= 4 is 32.9 Å². The normalized spacial score (nSPS) is 15.1. The van der Waals surface area contributed by atoms with Gasteiger partial charge >= 0.3 is 0 Å². The Bertz CT molecular complexity index is 1360. The van der Waals surface area contributed by atoms with Gasteiger partial charge in [0.25, 0.3) is 5.91 Å². The average Bonchev–Trinajstić information content (AvgIpc) is 3.23. The van der Waals surface area contributed by atoms with Crippen LogP contribution in [-0.4, -0.2) is 29.1 Å². The Labute approximate surface area is 223 Å². The number of ether oxygens (including phenoxy) is 1. The van der Waals surface area contributed by atoms with Crippen LogP contribution in [0.1, 0.15) is 66.8 Å². The van der Waals surface area contributed by atoms with Gasteiger partial charge in [0.2, 0.25) is 0 Å². The van der Waals surface area contributed by atoms with E-state index in [0.717, 1.165) is 63.8 Å². The van der Waals surface area contributed by atoms with E-state index in [1.165, 1.54) is 17.8 Å². The first-order chi connectivity index (χ1) is 17.8. The molecular weight excluding hydrogens is 480 g/mol. The Kier molecular flexibility index (Phi) is 8.39. The first-order valence-electron chi connectivity index (χ1n) is 12.8. The summed E-state index contributed by atoms with van der Waals surface area (Å²) < 4.78 is 6.63. The molecule has 0 saturated heterocycles. The number of carbonyl (C=O) groups is 1. The maximum Gasteiger partial charge on any atom is 0.268 e. The van der Waals surface area contributed by atoms with Gasteiger partial charge < -0.3 is 20.5 Å². The molecule has 0 spiro atoms. The molecule has 1 aromatic heterocycles. The number of methoxy groups -OCH3 is 1. The van der Waals surface area contributed by atoms with Crippen LogP contribution in [0.25, 0.3) is 15.7 Å². The average molecular weight is 517 g/mol. The van der Waals surface area contributed by atoms with E-state index in [-0.39, 0.29) is 17.7 Å². The molecule has 194 valence electrons. The van der Waals surface area contributed by atoms with E-state index in [4.69, 9.17) is 10.5 Å². The molecule has 0 unspecified atom stereocenters. The van der Waals surface area contributed by atoms with Crippen LogP contribution in [0.5, 0.6) is 11.5 Å². The van der Waals surface area contributed by atoms with Crippen molar-refractivity contribution in [2.24, 2.45) is 5.73 Å². The van der Waals surface area contributed by atoms with E-state index in [2.05, 4.69) is 12.6 Å². The lowest BCUT2D eigenvalue weighted by Crippen LogP contribution is -2.40. The van der Waals surface area contributed by atoms with Crippen molar-refractivity contribution in [2.75, 3.05) is 7.11 Å². The van der Waals surface area contributed by atoms with Gasteiger partial charge in [-0.1, -0.05) is 55.7 Å². The fraction of sp³-hybridized carbons (Fsp3) is 0.323. The summed E-state index contributed by atoms with van der Waals surface area (Å²) in [5.41, 5.74) is 10.4. The fourth-order valence-electron chi connectivity index (χ4n) is 5.02. The van der Waals surface area contributed by atoms with E-state index < -0.39 is 0 Å². The number of allylic oxidation sites excluding steroid dienone is 5. The van der Waals surface area contributed by atoms with Crippen LogP contribution >= 0.6 is 11.3 Å². The first-order valence-corrected chi connectivity index (χ1v) is 13.6. The molecule has 2 aromatic carbocycles. The minimum atomic E-state index is -0.129. The smallest absolute Gasteiger partial charge is 0.268 e. The van der Waals surface area contributed by atoms with Crippen LogP contribution in [0, 0.1) is 0 Å². The van der Waals surface area contributed by atoms with Gasteiger partial charge in [0.15, 0.2) is 0 Å². The van der Waals surface area contributed by atoms with Crippen LogP contribution in [0.4, 0.5) is 0 Å². The number of benzene rings is 2. The summed E-state index contributed by atoms with van der Waals surface area (Å²) in [6.07, 6.45) is 9.13. The molecule has 0 bridgehead atoms. The first kappa shape index (κ1) is 26.6. The van der Waals surface area contributed by atoms with Crippen LogP contribution in [-0.2, 0) is 6.54 Å². The number of hydrogen-bond acceptors (Lipinski definition) is 5. The second-order valence-corrected chi connectivity index (χ2v) is 10.9. The minimum absolute atomic E-state index is 0.0727. The van der Waals surface area contributed by atoms with Crippen molar-refractivity contribution in [3.63, 3.8) is 0 Å². The van der Waals surface area contributed by atoms with Crippen LogP contribution in [0.3, 0.4) is 0 Å². The SMILES string of the molecule is C=C(C)/C(=C\C=C(/C)N)c1ccc(OC)c(CN(C(=O)c2sc3ccccc3c2O)C2CCCCC2)c1. The molecule has 4 rings (SSSR count). The Morgan fingerprint density at radius 2 is 1.89 bits per heavy atom. The van der Waals surface area contributed by atoms with Crippen LogP contribution < -0.4 is 10.5 Å². The molecule has 0 atom stereocenters. The van der Waals surface area contributed by atoms with Gasteiger partial charge in [-0.15, -0.1) is 11.3 Å². The number of aromatic hydroxyl groups is 1. The number of nitrogens with two attached hydrogens (primary N) is 1. The van der Waals surface area contributed by atoms with Crippen LogP contribution in [0.15, 0.2) is 72.5 Å². The molecule has 3 N–H and O–H groups in total. The van der Waals surface area contributed by atoms with Gasteiger partial charge in [-0.3, -0.25) is 4.79 Å². The highest BCUT2D eigenvalue weighted by Crippen LogP contribution is 2.39. The lowest BCUT2D eigenvalue weighted by atomic mass is 9.93. The summed E-state index contributed by atoms with van der Waals surface area (Å²) in [5, 5.41) is 11.7. The van der Waals surface area contributed by atoms with Crippen molar-refractivity contribution in [1.82, 2.24) is 4.90 Å². The Morgan fingerprint density at radius 3 is 2.54 bits per heavy atom. The van der Waals surface area contributed by atoms with Gasteiger partial charge in [0.1, 0.15) is 16.4 Å². The van der Waals surface area contributed by atoms with Crippen molar-refractivity contribution in [2.45, 2.75) is 58.5 Å². The lowest BCUT2D eigenvalue weighted by Gasteiger charge is -2.34. The zero-order valence-corrected chi connectivity index (χ0v) is 22.7. The topological polar surface area (TPSA) is 75.8 Å². The molecule has 1 amide bonds. The summed E-state index contributed by atoms with van der Waals surface area (Å²) in [6.45, 7) is 8.37. The second-order valence-electron chi connectivity index (χ2n) is 9.80. The highest BCUT2D eigenvalue weighted by Gasteiger charge is 2.30. The summed E-state index contributed by atoms with van der Waals surface area (Å²) >= 11 is 1.35. The molecule has 1 fully saturated rings. The predicted molar refractivity (Wildman–Crippen MR) is 154 cm³/mol. The molecular formula is C31H36N2O3S. The van der Waals surface area contributed by atoms with Crippen molar-refractivity contribution in [1.29, 1.82) is 0 Å². The zero-order valence-electron chi connectivity index (χ0n) is 21.9. The molecule has 1 saturated carbocycles. The predicted octanol–water partition coefficient (Wildman–Crippen LogP) is 7.41. The second kappa shape index (κ2) is 11.7. The molecule has 0 radical (unpaired) electrons. The monoisotopic (exact) mass is 516 g/mol. The number of nitrogens with zero attached hydrogens (tertiary/aromatic N) is 1. The molecule has 37 heavy (non-hydrogen) atoms. The molecule has 1 heterocycles. The molecule has 1 aliphatic rings.